The van der Waals surface area contributed by atoms with E-state index in [1.807, 2.05) is 0 Å². The largest absolute Gasteiger partial charge is 0.361 e. The molecular weight excluding hydrogens is 152 g/mol. The van der Waals surface area contributed by atoms with Crippen molar-refractivity contribution in [1.82, 2.24) is 0 Å². The lowest BCUT2D eigenvalue weighted by molar-refractivity contribution is -0.122. The van der Waals surface area contributed by atoms with E-state index in [-0.39, 0.29) is 19.0 Å². The predicted octanol–water partition coefficient (Wildman–Crippen LogP) is 1.01. The Labute approximate surface area is 73.3 Å². The molecule has 0 atom stereocenters. The Morgan fingerprint density at radius 3 is 2.75 bits per heavy atom. The summed E-state index contributed by atoms with van der Waals surface area (Å²) in [6.07, 6.45) is 0.516. The molecule has 0 aliphatic carbocycles. The van der Waals surface area contributed by atoms with Gasteiger partial charge >= 0.3 is 0 Å². The number of carbonyl (C=O) groups excluding carboxylic acids is 1. The first-order valence-corrected chi connectivity index (χ1v) is 3.80. The molecule has 2 heteroatoms. The van der Waals surface area contributed by atoms with Crippen molar-refractivity contribution in [2.24, 2.45) is 0 Å². The van der Waals surface area contributed by atoms with Crippen LogP contribution in [0.3, 0.4) is 0 Å². The first-order valence-electron chi connectivity index (χ1n) is 3.80. The third-order valence-electron chi connectivity index (χ3n) is 1.11. The molecule has 0 N–H and O–H groups in total. The average Bonchev–Trinajstić information content (AvgIpc) is 2.10. The molecule has 64 valence electrons. The van der Waals surface area contributed by atoms with Crippen molar-refractivity contribution in [2.45, 2.75) is 20.3 Å². The van der Waals surface area contributed by atoms with Gasteiger partial charge in [-0.3, -0.25) is 4.79 Å². The minimum absolute atomic E-state index is 0.0957. The van der Waals surface area contributed by atoms with Gasteiger partial charge in [-0.2, -0.15) is 0 Å². The normalized spacial score (nSPS) is 7.50. The zero-order valence-electron chi connectivity index (χ0n) is 7.44. The van der Waals surface area contributed by atoms with Gasteiger partial charge in [0.1, 0.15) is 13.2 Å². The van der Waals surface area contributed by atoms with Crippen molar-refractivity contribution in [1.29, 1.82) is 0 Å². The molecule has 0 aromatic rings. The molecule has 0 unspecified atom stereocenters. The lowest BCUT2D eigenvalue weighted by Crippen LogP contribution is -2.06. The maximum atomic E-state index is 10.7. The molecule has 0 aliphatic heterocycles. The van der Waals surface area contributed by atoms with Gasteiger partial charge in [0.05, 0.1) is 0 Å². The molecule has 0 spiro atoms. The van der Waals surface area contributed by atoms with Crippen LogP contribution in [0.4, 0.5) is 0 Å². The summed E-state index contributed by atoms with van der Waals surface area (Å²) in [5, 5.41) is 0. The molecule has 0 aliphatic rings. The molecule has 12 heavy (non-hydrogen) atoms. The van der Waals surface area contributed by atoms with Crippen LogP contribution in [-0.2, 0) is 9.53 Å². The van der Waals surface area contributed by atoms with E-state index in [9.17, 15) is 4.79 Å². The van der Waals surface area contributed by atoms with E-state index < -0.39 is 0 Å². The highest BCUT2D eigenvalue weighted by Gasteiger charge is 1.94. The second-order valence-corrected chi connectivity index (χ2v) is 2.06. The monoisotopic (exact) mass is 164 g/mol. The summed E-state index contributed by atoms with van der Waals surface area (Å²) in [5.74, 6) is 10.5. The Kier molecular flexibility index (Phi) is 7.03. The van der Waals surface area contributed by atoms with Crippen molar-refractivity contribution < 1.29 is 9.53 Å². The highest BCUT2D eigenvalue weighted by molar-refractivity contribution is 5.79. The summed E-state index contributed by atoms with van der Waals surface area (Å²) < 4.78 is 4.94. The van der Waals surface area contributed by atoms with E-state index in [4.69, 9.17) is 4.74 Å². The van der Waals surface area contributed by atoms with E-state index >= 15 is 0 Å². The van der Waals surface area contributed by atoms with Crippen LogP contribution in [0.2, 0.25) is 0 Å². The molecular formula is C10H12O2. The molecule has 0 fully saturated rings. The lowest BCUT2D eigenvalue weighted by atomic mass is 10.3. The van der Waals surface area contributed by atoms with Crippen LogP contribution in [0.25, 0.3) is 0 Å². The Balaban J connectivity index is 3.38. The number of carbonyl (C=O) groups is 1. The SMILES string of the molecule is CC#CC#CCOCC(=O)CC. The van der Waals surface area contributed by atoms with Crippen LogP contribution in [0.15, 0.2) is 0 Å². The molecule has 0 rings (SSSR count). The molecule has 2 nitrogen and oxygen atoms in total. The van der Waals surface area contributed by atoms with Crippen molar-refractivity contribution in [3.63, 3.8) is 0 Å². The predicted molar refractivity (Wildman–Crippen MR) is 47.3 cm³/mol. The zero-order valence-corrected chi connectivity index (χ0v) is 7.44. The van der Waals surface area contributed by atoms with E-state index in [0.29, 0.717) is 6.42 Å². The summed E-state index contributed by atoms with van der Waals surface area (Å²) in [6.45, 7) is 3.96. The zero-order chi connectivity index (χ0) is 9.23. The van der Waals surface area contributed by atoms with Gasteiger partial charge in [0, 0.05) is 6.42 Å². The number of hydrogen-bond acceptors (Lipinski definition) is 2. The topological polar surface area (TPSA) is 26.3 Å². The van der Waals surface area contributed by atoms with Crippen LogP contribution in [-0.4, -0.2) is 19.0 Å². The van der Waals surface area contributed by atoms with Gasteiger partial charge < -0.3 is 4.74 Å². The van der Waals surface area contributed by atoms with Gasteiger partial charge in [0.25, 0.3) is 0 Å². The van der Waals surface area contributed by atoms with Gasteiger partial charge in [-0.1, -0.05) is 18.8 Å². The van der Waals surface area contributed by atoms with Crippen LogP contribution in [0, 0.1) is 23.7 Å². The highest BCUT2D eigenvalue weighted by atomic mass is 16.5. The molecule has 0 saturated heterocycles. The summed E-state index contributed by atoms with van der Waals surface area (Å²) in [5.41, 5.74) is 0. The summed E-state index contributed by atoms with van der Waals surface area (Å²) >= 11 is 0. The standard InChI is InChI=1S/C10H12O2/c1-3-5-6-7-8-12-9-10(11)4-2/h4,8-9H2,1-2H3. The van der Waals surface area contributed by atoms with Gasteiger partial charge in [0.2, 0.25) is 0 Å². The third-order valence-corrected chi connectivity index (χ3v) is 1.11. The van der Waals surface area contributed by atoms with E-state index in [1.54, 1.807) is 13.8 Å². The number of rotatable bonds is 4. The van der Waals surface area contributed by atoms with Crippen LogP contribution < -0.4 is 0 Å². The van der Waals surface area contributed by atoms with Crippen LogP contribution in [0.1, 0.15) is 20.3 Å². The van der Waals surface area contributed by atoms with Crippen molar-refractivity contribution in [3.8, 4) is 23.7 Å². The molecule has 0 aromatic carbocycles. The lowest BCUT2D eigenvalue weighted by Gasteiger charge is -1.94. The van der Waals surface area contributed by atoms with Gasteiger partial charge in [0.15, 0.2) is 5.78 Å². The number of Topliss-reactive ketones (excluding diaryl/α,β-unsaturated/α-hetero) is 1. The first-order chi connectivity index (χ1) is 5.81. The Hall–Kier alpha value is -1.25. The Morgan fingerprint density at radius 2 is 2.17 bits per heavy atom. The maximum Gasteiger partial charge on any atom is 0.158 e. The molecule has 0 heterocycles. The fourth-order valence-electron chi connectivity index (χ4n) is 0.461. The summed E-state index contributed by atoms with van der Waals surface area (Å²) in [6, 6.07) is 0. The molecule has 0 radical (unpaired) electrons. The van der Waals surface area contributed by atoms with E-state index in [2.05, 4.69) is 23.7 Å². The first kappa shape index (κ1) is 10.8. The second-order valence-electron chi connectivity index (χ2n) is 2.06. The van der Waals surface area contributed by atoms with E-state index in [1.165, 1.54) is 0 Å². The van der Waals surface area contributed by atoms with Crippen LogP contribution >= 0.6 is 0 Å². The fourth-order valence-corrected chi connectivity index (χ4v) is 0.461. The highest BCUT2D eigenvalue weighted by Crippen LogP contribution is 1.81. The van der Waals surface area contributed by atoms with Gasteiger partial charge in [-0.15, -0.1) is 0 Å². The van der Waals surface area contributed by atoms with E-state index in [0.717, 1.165) is 0 Å². The quantitative estimate of drug-likeness (QED) is 0.458. The van der Waals surface area contributed by atoms with Crippen LogP contribution in [0.5, 0.6) is 0 Å². The van der Waals surface area contributed by atoms with Crippen molar-refractivity contribution in [2.75, 3.05) is 13.2 Å². The summed E-state index contributed by atoms with van der Waals surface area (Å²) in [4.78, 5) is 10.7. The summed E-state index contributed by atoms with van der Waals surface area (Å²) in [7, 11) is 0. The van der Waals surface area contributed by atoms with Crippen molar-refractivity contribution >= 4 is 5.78 Å². The van der Waals surface area contributed by atoms with Gasteiger partial charge in [-0.25, -0.2) is 0 Å². The van der Waals surface area contributed by atoms with Gasteiger partial charge in [-0.05, 0) is 18.8 Å². The minimum atomic E-state index is 0.0957. The molecule has 0 aromatic heterocycles. The number of hydrogen-bond donors (Lipinski definition) is 0. The number of ketones is 1. The molecule has 0 amide bonds. The third kappa shape index (κ3) is 6.86. The maximum absolute atomic E-state index is 10.7. The molecule has 0 saturated carbocycles. The molecule has 0 bridgehead atoms. The Morgan fingerprint density at radius 1 is 1.42 bits per heavy atom. The fraction of sp³-hybridized carbons (Fsp3) is 0.500. The number of ether oxygens (including phenoxy) is 1. The minimum Gasteiger partial charge on any atom is -0.361 e. The smallest absolute Gasteiger partial charge is 0.158 e. The Bertz CT molecular complexity index is 244. The average molecular weight is 164 g/mol. The second kappa shape index (κ2) is 7.85. The van der Waals surface area contributed by atoms with Crippen molar-refractivity contribution in [3.05, 3.63) is 0 Å².